The molecule has 0 aromatic carbocycles. The van der Waals surface area contributed by atoms with E-state index in [1.165, 1.54) is 6.92 Å². The molecule has 0 radical (unpaired) electrons. The highest BCUT2D eigenvalue weighted by Crippen LogP contribution is 2.37. The van der Waals surface area contributed by atoms with Crippen LogP contribution in [0.5, 0.6) is 0 Å². The van der Waals surface area contributed by atoms with Gasteiger partial charge in [0.1, 0.15) is 0 Å². The Kier molecular flexibility index (Phi) is 5.28. The number of rotatable bonds is 5. The van der Waals surface area contributed by atoms with E-state index in [0.717, 1.165) is 6.40 Å². The zero-order chi connectivity index (χ0) is 16.2. The van der Waals surface area contributed by atoms with Gasteiger partial charge >= 0.3 is 12.1 Å². The molecule has 116 valence electrons. The first-order valence-corrected chi connectivity index (χ1v) is 6.22. The number of pyridine rings is 1. The fourth-order valence-electron chi connectivity index (χ4n) is 1.87. The van der Waals surface area contributed by atoms with Gasteiger partial charge in [0.2, 0.25) is 0 Å². The summed E-state index contributed by atoms with van der Waals surface area (Å²) in [6.07, 6.45) is -3.69. The molecule has 0 aliphatic rings. The Morgan fingerprint density at radius 2 is 2.05 bits per heavy atom. The topological polar surface area (TPSA) is 71.8 Å². The highest BCUT2D eigenvalue weighted by Gasteiger charge is 2.39. The van der Waals surface area contributed by atoms with E-state index in [4.69, 9.17) is 9.84 Å². The number of aliphatic imine (C=N–C) groups is 1. The number of aromatic carboxylic acids is 1. The van der Waals surface area contributed by atoms with Gasteiger partial charge in [-0.25, -0.2) is 14.8 Å². The van der Waals surface area contributed by atoms with E-state index in [0.29, 0.717) is 6.61 Å². The summed E-state index contributed by atoms with van der Waals surface area (Å²) in [5, 5.41) is 9.10. The Morgan fingerprint density at radius 1 is 1.43 bits per heavy atom. The predicted molar refractivity (Wildman–Crippen MR) is 70.1 cm³/mol. The molecule has 8 heteroatoms. The molecule has 0 saturated carbocycles. The number of hydrogen-bond acceptors (Lipinski definition) is 4. The maximum Gasteiger partial charge on any atom is 0.434 e. The molecule has 1 aromatic heterocycles. The number of hydrogen-bond donors (Lipinski definition) is 1. The van der Waals surface area contributed by atoms with Gasteiger partial charge in [0.05, 0.1) is 23.6 Å². The lowest BCUT2D eigenvalue weighted by Gasteiger charge is -2.16. The van der Waals surface area contributed by atoms with E-state index in [9.17, 15) is 18.0 Å². The highest BCUT2D eigenvalue weighted by atomic mass is 19.4. The molecule has 0 atom stereocenters. The van der Waals surface area contributed by atoms with Gasteiger partial charge in [-0.3, -0.25) is 0 Å². The molecular formula is C13H15F3N2O3. The second kappa shape index (κ2) is 6.55. The van der Waals surface area contributed by atoms with Crippen molar-refractivity contribution in [2.24, 2.45) is 4.99 Å². The monoisotopic (exact) mass is 304 g/mol. The van der Waals surface area contributed by atoms with Gasteiger partial charge in [-0.2, -0.15) is 13.2 Å². The van der Waals surface area contributed by atoms with Crippen molar-refractivity contribution in [3.63, 3.8) is 0 Å². The van der Waals surface area contributed by atoms with Gasteiger partial charge in [0.25, 0.3) is 0 Å². The van der Waals surface area contributed by atoms with Crippen molar-refractivity contribution in [2.45, 2.75) is 33.4 Å². The minimum Gasteiger partial charge on any atom is -0.483 e. The van der Waals surface area contributed by atoms with Gasteiger partial charge in [0.15, 0.2) is 12.1 Å². The Hall–Kier alpha value is -2.12. The number of aryl methyl sites for hydroxylation is 1. The van der Waals surface area contributed by atoms with Crippen LogP contribution in [0.1, 0.15) is 41.2 Å². The maximum absolute atomic E-state index is 13.0. The third kappa shape index (κ3) is 3.71. The zero-order valence-electron chi connectivity index (χ0n) is 11.8. The summed E-state index contributed by atoms with van der Waals surface area (Å²) >= 11 is 0. The zero-order valence-corrected chi connectivity index (χ0v) is 11.8. The molecule has 0 unspecified atom stereocenters. The number of carbonyl (C=O) groups is 1. The fraction of sp³-hybridized carbons (Fsp3) is 0.462. The lowest BCUT2D eigenvalue weighted by Crippen LogP contribution is -2.18. The summed E-state index contributed by atoms with van der Waals surface area (Å²) in [4.78, 5) is 18.5. The molecule has 0 fully saturated rings. The van der Waals surface area contributed by atoms with Gasteiger partial charge in [-0.1, -0.05) is 6.92 Å². The first-order valence-electron chi connectivity index (χ1n) is 6.22. The van der Waals surface area contributed by atoms with Crippen LogP contribution in [0.4, 0.5) is 18.9 Å². The summed E-state index contributed by atoms with van der Waals surface area (Å²) in [6, 6.07) is 0. The fourth-order valence-corrected chi connectivity index (χ4v) is 1.87. The molecule has 1 rings (SSSR count). The molecule has 1 heterocycles. The third-order valence-corrected chi connectivity index (χ3v) is 2.71. The number of nitrogens with zero attached hydrogens (tertiary/aromatic N) is 2. The normalized spacial score (nSPS) is 11.9. The van der Waals surface area contributed by atoms with Gasteiger partial charge < -0.3 is 9.84 Å². The van der Waals surface area contributed by atoms with E-state index < -0.39 is 23.4 Å². The summed E-state index contributed by atoms with van der Waals surface area (Å²) in [7, 11) is 0. The molecule has 1 N–H and O–H groups in total. The molecule has 0 aliphatic carbocycles. The standard InChI is InChI=1S/C13H15F3N2O3/c1-4-8-9(12(19)20)11(13(14,15)16)18-7(3)10(8)17-6-21-5-2/h6H,4-5H2,1-3H3,(H,19,20). The van der Waals surface area contributed by atoms with Gasteiger partial charge in [0, 0.05) is 0 Å². The van der Waals surface area contributed by atoms with Crippen LogP contribution in [0.3, 0.4) is 0 Å². The average molecular weight is 304 g/mol. The van der Waals surface area contributed by atoms with Gasteiger partial charge in [-0.15, -0.1) is 0 Å². The molecule has 0 amide bonds. The van der Waals surface area contributed by atoms with Crippen LogP contribution in [0.15, 0.2) is 4.99 Å². The number of ether oxygens (including phenoxy) is 1. The van der Waals surface area contributed by atoms with Crippen molar-refractivity contribution in [2.75, 3.05) is 6.61 Å². The summed E-state index contributed by atoms with van der Waals surface area (Å²) in [6.45, 7) is 4.96. The molecular weight excluding hydrogens is 289 g/mol. The number of carboxylic acid groups (broad SMARTS) is 1. The molecule has 1 aromatic rings. The number of aromatic nitrogens is 1. The second-order valence-corrected chi connectivity index (χ2v) is 4.09. The number of halogens is 3. The van der Waals surface area contributed by atoms with E-state index >= 15 is 0 Å². The number of carboxylic acids is 1. The summed E-state index contributed by atoms with van der Waals surface area (Å²) in [5.41, 5.74) is -2.19. The van der Waals surface area contributed by atoms with Crippen molar-refractivity contribution in [1.29, 1.82) is 0 Å². The maximum atomic E-state index is 13.0. The Labute approximate surface area is 119 Å². The van der Waals surface area contributed by atoms with E-state index in [1.54, 1.807) is 13.8 Å². The number of alkyl halides is 3. The van der Waals surface area contributed by atoms with Crippen LogP contribution < -0.4 is 0 Å². The van der Waals surface area contributed by atoms with Crippen molar-refractivity contribution >= 4 is 18.1 Å². The molecule has 0 bridgehead atoms. The van der Waals surface area contributed by atoms with Crippen LogP contribution in [-0.2, 0) is 17.3 Å². The minimum absolute atomic E-state index is 0.000119. The van der Waals surface area contributed by atoms with Gasteiger partial charge in [-0.05, 0) is 25.8 Å². The van der Waals surface area contributed by atoms with Crippen LogP contribution in [-0.4, -0.2) is 29.1 Å². The summed E-state index contributed by atoms with van der Waals surface area (Å²) < 4.78 is 43.8. The van der Waals surface area contributed by atoms with E-state index in [-0.39, 0.29) is 23.4 Å². The quantitative estimate of drug-likeness (QED) is 0.668. The lowest BCUT2D eigenvalue weighted by molar-refractivity contribution is -0.141. The Morgan fingerprint density at radius 3 is 2.48 bits per heavy atom. The van der Waals surface area contributed by atoms with Crippen LogP contribution in [0.2, 0.25) is 0 Å². The Balaban J connectivity index is 3.63. The highest BCUT2D eigenvalue weighted by molar-refractivity contribution is 5.93. The second-order valence-electron chi connectivity index (χ2n) is 4.09. The van der Waals surface area contributed by atoms with Crippen LogP contribution in [0.25, 0.3) is 0 Å². The lowest BCUT2D eigenvalue weighted by atomic mass is 10.00. The van der Waals surface area contributed by atoms with E-state index in [1.807, 2.05) is 0 Å². The van der Waals surface area contributed by atoms with Crippen LogP contribution in [0, 0.1) is 6.92 Å². The smallest absolute Gasteiger partial charge is 0.434 e. The molecule has 0 aliphatic heterocycles. The molecule has 0 saturated heterocycles. The Bertz CT molecular complexity index is 569. The van der Waals surface area contributed by atoms with Crippen molar-refractivity contribution in [3.8, 4) is 0 Å². The molecule has 5 nitrogen and oxygen atoms in total. The predicted octanol–water partition coefficient (Wildman–Crippen LogP) is 3.37. The summed E-state index contributed by atoms with van der Waals surface area (Å²) in [5.74, 6) is -1.68. The molecule has 21 heavy (non-hydrogen) atoms. The van der Waals surface area contributed by atoms with Crippen molar-refractivity contribution < 1.29 is 27.8 Å². The largest absolute Gasteiger partial charge is 0.483 e. The third-order valence-electron chi connectivity index (χ3n) is 2.71. The van der Waals surface area contributed by atoms with E-state index in [2.05, 4.69) is 9.98 Å². The minimum atomic E-state index is -4.84. The molecule has 0 spiro atoms. The first-order chi connectivity index (χ1) is 9.73. The SMILES string of the molecule is CCOC=Nc1c(C)nc(C(F)(F)F)c(C(=O)O)c1CC. The van der Waals surface area contributed by atoms with Crippen molar-refractivity contribution in [1.82, 2.24) is 4.98 Å². The van der Waals surface area contributed by atoms with Crippen LogP contribution >= 0.6 is 0 Å². The first kappa shape index (κ1) is 16.9. The van der Waals surface area contributed by atoms with Crippen molar-refractivity contribution in [3.05, 3.63) is 22.5 Å². The average Bonchev–Trinajstić information content (AvgIpc) is 2.38.